The number of cyclic esters (lactones) is 1. The summed E-state index contributed by atoms with van der Waals surface area (Å²) in [6.07, 6.45) is -1.04. The predicted molar refractivity (Wildman–Crippen MR) is 108 cm³/mol. The Balaban J connectivity index is 1.87. The topological polar surface area (TPSA) is 138 Å². The largest absolute Gasteiger partial charge is 0.469 e. The van der Waals surface area contributed by atoms with E-state index in [1.807, 2.05) is 6.07 Å². The Bertz CT molecular complexity index is 828. The van der Waals surface area contributed by atoms with Gasteiger partial charge in [-0.3, -0.25) is 14.5 Å². The number of carbonyl (C=O) groups is 5. The molecular weight excluding hydrogens is 426 g/mol. The summed E-state index contributed by atoms with van der Waals surface area (Å²) in [4.78, 5) is 61.0. The van der Waals surface area contributed by atoms with Gasteiger partial charge < -0.3 is 24.3 Å². The van der Waals surface area contributed by atoms with Crippen LogP contribution >= 0.6 is 0 Å². The van der Waals surface area contributed by atoms with E-state index in [9.17, 15) is 24.0 Å². The Morgan fingerprint density at radius 2 is 1.84 bits per heavy atom. The first kappa shape index (κ1) is 24.6. The zero-order chi connectivity index (χ0) is 23.5. The lowest BCUT2D eigenvalue weighted by molar-refractivity contribution is -0.146. The molecule has 0 bridgehead atoms. The molecular formula is C21H26N2O9. The fourth-order valence-electron chi connectivity index (χ4n) is 2.99. The fraction of sp³-hybridized carbons (Fsp3) is 0.476. The first-order valence-electron chi connectivity index (χ1n) is 9.93. The first-order chi connectivity index (χ1) is 15.3. The molecule has 0 radical (unpaired) electrons. The van der Waals surface area contributed by atoms with Gasteiger partial charge in [-0.1, -0.05) is 30.3 Å². The number of rotatable bonds is 10. The van der Waals surface area contributed by atoms with Crippen molar-refractivity contribution in [1.82, 2.24) is 10.2 Å². The maximum atomic E-state index is 12.4. The van der Waals surface area contributed by atoms with Crippen molar-refractivity contribution < 1.29 is 42.9 Å². The number of hydrogen-bond acceptors (Lipinski definition) is 9. The Kier molecular flexibility index (Phi) is 9.45. The van der Waals surface area contributed by atoms with Crippen molar-refractivity contribution in [3.8, 4) is 0 Å². The lowest BCUT2D eigenvalue weighted by Crippen LogP contribution is -2.43. The van der Waals surface area contributed by atoms with Gasteiger partial charge in [0.1, 0.15) is 18.7 Å². The molecule has 1 N–H and O–H groups in total. The Morgan fingerprint density at radius 1 is 1.12 bits per heavy atom. The highest BCUT2D eigenvalue weighted by Gasteiger charge is 2.39. The minimum Gasteiger partial charge on any atom is -0.469 e. The highest BCUT2D eigenvalue weighted by molar-refractivity contribution is 5.87. The number of hydrogen-bond donors (Lipinski definition) is 1. The second-order valence-electron chi connectivity index (χ2n) is 6.91. The van der Waals surface area contributed by atoms with Crippen molar-refractivity contribution in [3.05, 3.63) is 35.9 Å². The molecule has 2 atom stereocenters. The van der Waals surface area contributed by atoms with Gasteiger partial charge >= 0.3 is 24.0 Å². The van der Waals surface area contributed by atoms with Gasteiger partial charge in [0.2, 0.25) is 5.91 Å². The van der Waals surface area contributed by atoms with Crippen molar-refractivity contribution >= 4 is 29.9 Å². The molecule has 1 aliphatic heterocycles. The van der Waals surface area contributed by atoms with Crippen molar-refractivity contribution in [2.75, 3.05) is 21.0 Å². The van der Waals surface area contributed by atoms with Gasteiger partial charge in [0.15, 0.2) is 6.73 Å². The molecule has 1 aliphatic rings. The lowest BCUT2D eigenvalue weighted by atomic mass is 10.1. The zero-order valence-corrected chi connectivity index (χ0v) is 17.9. The summed E-state index contributed by atoms with van der Waals surface area (Å²) < 4.78 is 19.3. The third-order valence-corrected chi connectivity index (χ3v) is 4.76. The minimum absolute atomic E-state index is 0.00546. The SMILES string of the molecule is COC(=O)CC[C@H]([15NH]C(=O)CC[C@H]1C(=O)OC[15N]1C(=O)OCc1ccccc1)C(=O)OC. The standard InChI is InChI=1S/C21H26N2O9/c1-29-18(25)11-8-15(19(26)30-2)22-17(24)10-9-16-20(27)32-13-23(16)21(28)31-12-14-6-4-3-5-7-14/h3-7,15-16H,8-13H2,1-2H3,(H,22,24)/t15-,16-/m0/s1/i22+1,23+1. The lowest BCUT2D eigenvalue weighted by Gasteiger charge is -2.20. The molecule has 11 nitrogen and oxygen atoms in total. The van der Waals surface area contributed by atoms with Gasteiger partial charge in [-0.25, -0.2) is 14.4 Å². The van der Waals surface area contributed by atoms with Gasteiger partial charge in [-0.05, 0) is 18.4 Å². The average molecular weight is 452 g/mol. The summed E-state index contributed by atoms with van der Waals surface area (Å²) in [5.41, 5.74) is 0.782. The van der Waals surface area contributed by atoms with E-state index in [0.29, 0.717) is 0 Å². The molecule has 0 spiro atoms. The van der Waals surface area contributed by atoms with E-state index >= 15 is 0 Å². The Hall–Kier alpha value is -3.63. The van der Waals surface area contributed by atoms with Crippen molar-refractivity contribution in [2.45, 2.75) is 44.4 Å². The molecule has 1 aromatic rings. The summed E-state index contributed by atoms with van der Waals surface area (Å²) >= 11 is 0. The number of amides is 2. The third-order valence-electron chi connectivity index (χ3n) is 4.76. The van der Waals surface area contributed by atoms with E-state index in [0.717, 1.165) is 17.6 Å². The summed E-state index contributed by atoms with van der Waals surface area (Å²) in [7, 11) is 2.37. The molecule has 0 unspecified atom stereocenters. The number of methoxy groups -OCH3 is 2. The smallest absolute Gasteiger partial charge is 0.413 e. The summed E-state index contributed by atoms with van der Waals surface area (Å²) in [5.74, 6) is -2.45. The van der Waals surface area contributed by atoms with Crippen molar-refractivity contribution in [3.63, 3.8) is 0 Å². The molecule has 2 amide bonds. The van der Waals surface area contributed by atoms with Crippen molar-refractivity contribution in [2.24, 2.45) is 0 Å². The Morgan fingerprint density at radius 3 is 2.50 bits per heavy atom. The molecule has 2 rings (SSSR count). The average Bonchev–Trinajstić information content (AvgIpc) is 3.18. The van der Waals surface area contributed by atoms with E-state index < -0.39 is 42.0 Å². The summed E-state index contributed by atoms with van der Waals surface area (Å²) in [6.45, 7) is -0.249. The number of esters is 3. The van der Waals surface area contributed by atoms with Gasteiger partial charge in [0, 0.05) is 12.8 Å². The summed E-state index contributed by atoms with van der Waals surface area (Å²) in [6, 6.07) is 6.99. The second kappa shape index (κ2) is 12.3. The first-order valence-corrected chi connectivity index (χ1v) is 9.93. The molecule has 1 fully saturated rings. The van der Waals surface area contributed by atoms with E-state index in [2.05, 4.69) is 14.8 Å². The third kappa shape index (κ3) is 7.25. The minimum atomic E-state index is -1.05. The molecule has 1 aromatic carbocycles. The number of nitrogens with zero attached hydrogens (tertiary/aromatic N) is 1. The molecule has 32 heavy (non-hydrogen) atoms. The van der Waals surface area contributed by atoms with E-state index in [1.54, 1.807) is 24.3 Å². The fourth-order valence-corrected chi connectivity index (χ4v) is 2.99. The number of benzene rings is 1. The molecule has 1 saturated heterocycles. The van der Waals surface area contributed by atoms with Crippen molar-refractivity contribution in [1.29, 1.82) is 0 Å². The van der Waals surface area contributed by atoms with Crippen LogP contribution in [-0.4, -0.2) is 67.8 Å². The monoisotopic (exact) mass is 452 g/mol. The molecule has 0 saturated carbocycles. The van der Waals surface area contributed by atoms with Gasteiger partial charge in [0.25, 0.3) is 0 Å². The van der Waals surface area contributed by atoms with Crippen LogP contribution in [0.25, 0.3) is 0 Å². The van der Waals surface area contributed by atoms with E-state index in [1.165, 1.54) is 7.11 Å². The maximum absolute atomic E-state index is 12.4. The number of ether oxygens (including phenoxy) is 4. The van der Waals surface area contributed by atoms with Gasteiger partial charge in [-0.2, -0.15) is 0 Å². The van der Waals surface area contributed by atoms with Crippen LogP contribution in [0.3, 0.4) is 0 Å². The van der Waals surface area contributed by atoms with Crippen LogP contribution in [0.15, 0.2) is 30.3 Å². The highest BCUT2D eigenvalue weighted by atomic mass is 16.7. The van der Waals surface area contributed by atoms with Gasteiger partial charge in [0.05, 0.1) is 14.2 Å². The van der Waals surface area contributed by atoms with Crippen LogP contribution in [-0.2, 0) is 44.7 Å². The highest BCUT2D eigenvalue weighted by Crippen LogP contribution is 2.18. The Labute approximate surface area is 184 Å². The summed E-state index contributed by atoms with van der Waals surface area (Å²) in [5, 5.41) is 2.47. The normalized spacial score (nSPS) is 16.0. The van der Waals surface area contributed by atoms with Crippen LogP contribution in [0.5, 0.6) is 0 Å². The zero-order valence-electron chi connectivity index (χ0n) is 17.9. The van der Waals surface area contributed by atoms with E-state index in [-0.39, 0.29) is 39.0 Å². The van der Waals surface area contributed by atoms with Crippen LogP contribution in [0.2, 0.25) is 0 Å². The molecule has 1 heterocycles. The van der Waals surface area contributed by atoms with Crippen LogP contribution in [0, 0.1) is 0 Å². The second-order valence-corrected chi connectivity index (χ2v) is 6.91. The molecule has 0 aromatic heterocycles. The number of nitrogens with one attached hydrogen (secondary N) is 1. The van der Waals surface area contributed by atoms with Crippen LogP contribution < -0.4 is 5.32 Å². The molecule has 11 heteroatoms. The molecule has 174 valence electrons. The molecule has 0 aliphatic carbocycles. The maximum Gasteiger partial charge on any atom is 0.413 e. The quantitative estimate of drug-likeness (QED) is 0.312. The van der Waals surface area contributed by atoms with Gasteiger partial charge in [-0.15, -0.1) is 0 Å². The van der Waals surface area contributed by atoms with Crippen LogP contribution in [0.1, 0.15) is 31.2 Å². The van der Waals surface area contributed by atoms with Crippen LogP contribution in [0.4, 0.5) is 4.79 Å². The number of carbonyl (C=O) groups excluding carboxylic acids is 5. The van der Waals surface area contributed by atoms with E-state index in [4.69, 9.17) is 9.47 Å². The predicted octanol–water partition coefficient (Wildman–Crippen LogP) is 0.899.